The summed E-state index contributed by atoms with van der Waals surface area (Å²) in [5.74, 6) is 0.552. The zero-order valence-corrected chi connectivity index (χ0v) is 11.6. The van der Waals surface area contributed by atoms with Gasteiger partial charge in [-0.1, -0.05) is 0 Å². The molecule has 18 heavy (non-hydrogen) atoms. The lowest BCUT2D eigenvalue weighted by Crippen LogP contribution is -2.27. The van der Waals surface area contributed by atoms with Crippen molar-refractivity contribution in [3.63, 3.8) is 0 Å². The fraction of sp³-hybridized carbons (Fsp3) is 0.500. The lowest BCUT2D eigenvalue weighted by atomic mass is 10.1. The summed E-state index contributed by atoms with van der Waals surface area (Å²) in [4.78, 5) is 11.3. The Morgan fingerprint density at radius 2 is 1.94 bits per heavy atom. The van der Waals surface area contributed by atoms with Crippen molar-refractivity contribution in [3.05, 3.63) is 23.8 Å². The van der Waals surface area contributed by atoms with Gasteiger partial charge < -0.3 is 14.8 Å². The van der Waals surface area contributed by atoms with E-state index in [9.17, 15) is 4.79 Å². The molecule has 0 fully saturated rings. The highest BCUT2D eigenvalue weighted by atomic mass is 16.5. The van der Waals surface area contributed by atoms with Gasteiger partial charge >= 0.3 is 5.97 Å². The lowest BCUT2D eigenvalue weighted by Gasteiger charge is -2.16. The first-order valence-corrected chi connectivity index (χ1v) is 6.05. The normalized spacial score (nSPS) is 12.1. The maximum Gasteiger partial charge on any atom is 0.327 e. The third-order valence-corrected chi connectivity index (χ3v) is 2.50. The van der Waals surface area contributed by atoms with Crippen LogP contribution in [0.5, 0.6) is 5.75 Å². The van der Waals surface area contributed by atoms with Gasteiger partial charge in [-0.25, -0.2) is 4.79 Å². The molecule has 0 aliphatic heterocycles. The Balaban J connectivity index is 2.76. The first kappa shape index (κ1) is 14.4. The summed E-state index contributed by atoms with van der Waals surface area (Å²) in [7, 11) is 1.38. The standard InChI is InChI=1S/C14H21NO3/c1-9(2)18-12-6-7-13(10(3)8-12)15-11(4)14(16)17-5/h6-9,11,15H,1-5H3. The van der Waals surface area contributed by atoms with Crippen molar-refractivity contribution >= 4 is 11.7 Å². The van der Waals surface area contributed by atoms with Crippen LogP contribution in [0.3, 0.4) is 0 Å². The zero-order valence-electron chi connectivity index (χ0n) is 11.6. The van der Waals surface area contributed by atoms with E-state index in [1.165, 1.54) is 7.11 Å². The smallest absolute Gasteiger partial charge is 0.327 e. The number of anilines is 1. The molecule has 1 rings (SSSR count). The van der Waals surface area contributed by atoms with E-state index in [1.54, 1.807) is 6.92 Å². The second kappa shape index (κ2) is 6.28. The van der Waals surface area contributed by atoms with Crippen LogP contribution in [0.15, 0.2) is 18.2 Å². The van der Waals surface area contributed by atoms with Gasteiger partial charge in [-0.05, 0) is 51.5 Å². The van der Waals surface area contributed by atoms with Crippen LogP contribution < -0.4 is 10.1 Å². The van der Waals surface area contributed by atoms with Crippen molar-refractivity contribution < 1.29 is 14.3 Å². The number of methoxy groups -OCH3 is 1. The van der Waals surface area contributed by atoms with Crippen LogP contribution >= 0.6 is 0 Å². The number of nitrogens with one attached hydrogen (secondary N) is 1. The monoisotopic (exact) mass is 251 g/mol. The Hall–Kier alpha value is -1.71. The Labute approximate surface area is 108 Å². The number of carbonyl (C=O) groups is 1. The van der Waals surface area contributed by atoms with E-state index in [0.717, 1.165) is 17.0 Å². The van der Waals surface area contributed by atoms with Gasteiger partial charge in [0.1, 0.15) is 11.8 Å². The molecule has 0 aromatic heterocycles. The maximum atomic E-state index is 11.3. The van der Waals surface area contributed by atoms with Crippen LogP contribution in [-0.2, 0) is 9.53 Å². The maximum absolute atomic E-state index is 11.3. The molecule has 0 bridgehead atoms. The minimum atomic E-state index is -0.370. The number of carbonyl (C=O) groups excluding carboxylic acids is 1. The molecule has 0 heterocycles. The molecular weight excluding hydrogens is 230 g/mol. The van der Waals surface area contributed by atoms with Gasteiger partial charge in [0.25, 0.3) is 0 Å². The average Bonchev–Trinajstić information content (AvgIpc) is 2.30. The predicted octanol–water partition coefficient (Wildman–Crippen LogP) is 2.76. The second-order valence-electron chi connectivity index (χ2n) is 4.53. The molecule has 0 saturated heterocycles. The van der Waals surface area contributed by atoms with Gasteiger partial charge in [0.2, 0.25) is 0 Å². The van der Waals surface area contributed by atoms with Gasteiger partial charge in [0, 0.05) is 5.69 Å². The quantitative estimate of drug-likeness (QED) is 0.817. The molecule has 1 unspecified atom stereocenters. The van der Waals surface area contributed by atoms with Gasteiger partial charge in [-0.15, -0.1) is 0 Å². The Kier molecular flexibility index (Phi) is 5.01. The highest BCUT2D eigenvalue weighted by molar-refractivity contribution is 5.79. The van der Waals surface area contributed by atoms with Crippen LogP contribution in [0.25, 0.3) is 0 Å². The van der Waals surface area contributed by atoms with E-state index in [4.69, 9.17) is 4.74 Å². The molecule has 0 aliphatic rings. The minimum Gasteiger partial charge on any atom is -0.491 e. The lowest BCUT2D eigenvalue weighted by molar-refractivity contribution is -0.141. The van der Waals surface area contributed by atoms with E-state index >= 15 is 0 Å². The molecule has 0 saturated carbocycles. The number of aryl methyl sites for hydroxylation is 1. The number of hydrogen-bond acceptors (Lipinski definition) is 4. The average molecular weight is 251 g/mol. The second-order valence-corrected chi connectivity index (χ2v) is 4.53. The van der Waals surface area contributed by atoms with Crippen molar-refractivity contribution in [2.45, 2.75) is 39.8 Å². The highest BCUT2D eigenvalue weighted by Crippen LogP contribution is 2.22. The molecule has 1 atom stereocenters. The van der Waals surface area contributed by atoms with Crippen molar-refractivity contribution in [1.82, 2.24) is 0 Å². The first-order chi connectivity index (χ1) is 8.43. The van der Waals surface area contributed by atoms with Crippen molar-refractivity contribution in [2.75, 3.05) is 12.4 Å². The molecule has 1 aromatic rings. The minimum absolute atomic E-state index is 0.150. The largest absolute Gasteiger partial charge is 0.491 e. The molecule has 0 radical (unpaired) electrons. The van der Waals surface area contributed by atoms with Crippen LogP contribution in [-0.4, -0.2) is 25.2 Å². The summed E-state index contributed by atoms with van der Waals surface area (Å²) in [5.41, 5.74) is 1.94. The van der Waals surface area contributed by atoms with Crippen LogP contribution in [0.4, 0.5) is 5.69 Å². The third-order valence-electron chi connectivity index (χ3n) is 2.50. The van der Waals surface area contributed by atoms with Crippen molar-refractivity contribution in [2.24, 2.45) is 0 Å². The SMILES string of the molecule is COC(=O)C(C)Nc1ccc(OC(C)C)cc1C. The van der Waals surface area contributed by atoms with E-state index in [0.29, 0.717) is 0 Å². The molecule has 1 aromatic carbocycles. The Bertz CT molecular complexity index is 416. The Morgan fingerprint density at radius 1 is 1.28 bits per heavy atom. The summed E-state index contributed by atoms with van der Waals surface area (Å²) < 4.78 is 10.3. The van der Waals surface area contributed by atoms with Crippen molar-refractivity contribution in [1.29, 1.82) is 0 Å². The van der Waals surface area contributed by atoms with Crippen molar-refractivity contribution in [3.8, 4) is 5.75 Å². The Morgan fingerprint density at radius 3 is 2.44 bits per heavy atom. The number of hydrogen-bond donors (Lipinski definition) is 1. The van der Waals surface area contributed by atoms with E-state index in [1.807, 2.05) is 39.0 Å². The molecule has 100 valence electrons. The molecule has 0 aliphatic carbocycles. The van der Waals surface area contributed by atoms with Gasteiger partial charge in [0.15, 0.2) is 0 Å². The highest BCUT2D eigenvalue weighted by Gasteiger charge is 2.13. The van der Waals surface area contributed by atoms with E-state index < -0.39 is 0 Å². The zero-order chi connectivity index (χ0) is 13.7. The summed E-state index contributed by atoms with van der Waals surface area (Å²) in [6.45, 7) is 7.71. The number of rotatable bonds is 5. The topological polar surface area (TPSA) is 47.6 Å². The van der Waals surface area contributed by atoms with Crippen LogP contribution in [0.1, 0.15) is 26.3 Å². The molecule has 4 nitrogen and oxygen atoms in total. The fourth-order valence-electron chi connectivity index (χ4n) is 1.61. The summed E-state index contributed by atoms with van der Waals surface area (Å²) in [6, 6.07) is 5.38. The van der Waals surface area contributed by atoms with Crippen LogP contribution in [0.2, 0.25) is 0 Å². The van der Waals surface area contributed by atoms with E-state index in [-0.39, 0.29) is 18.1 Å². The summed E-state index contributed by atoms with van der Waals surface area (Å²) in [5, 5.41) is 3.11. The van der Waals surface area contributed by atoms with Crippen LogP contribution in [0, 0.1) is 6.92 Å². The number of benzene rings is 1. The number of esters is 1. The first-order valence-electron chi connectivity index (χ1n) is 6.05. The van der Waals surface area contributed by atoms with Gasteiger partial charge in [-0.3, -0.25) is 0 Å². The third kappa shape index (κ3) is 3.95. The molecule has 1 N–H and O–H groups in total. The van der Waals surface area contributed by atoms with Gasteiger partial charge in [-0.2, -0.15) is 0 Å². The molecule has 0 spiro atoms. The molecule has 0 amide bonds. The summed E-state index contributed by atoms with van der Waals surface area (Å²) in [6.07, 6.45) is 0.150. The van der Waals surface area contributed by atoms with E-state index in [2.05, 4.69) is 10.1 Å². The molecular formula is C14H21NO3. The predicted molar refractivity (Wildman–Crippen MR) is 72.0 cm³/mol. The summed E-state index contributed by atoms with van der Waals surface area (Å²) >= 11 is 0. The molecule has 4 heteroatoms. The van der Waals surface area contributed by atoms with Gasteiger partial charge in [0.05, 0.1) is 13.2 Å². The fourth-order valence-corrected chi connectivity index (χ4v) is 1.61. The number of ether oxygens (including phenoxy) is 2.